The van der Waals surface area contributed by atoms with Crippen LogP contribution in [0.1, 0.15) is 84.5 Å². The summed E-state index contributed by atoms with van der Waals surface area (Å²) >= 11 is 0. The molecular formula is C25H44BNO3. The van der Waals surface area contributed by atoms with Crippen molar-refractivity contribution in [2.24, 2.45) is 0 Å². The normalized spacial score (nSPS) is 16.8. The van der Waals surface area contributed by atoms with E-state index < -0.39 is 0 Å². The van der Waals surface area contributed by atoms with Gasteiger partial charge in [0.15, 0.2) is 0 Å². The number of ether oxygens (including phenoxy) is 1. The number of unbranched alkanes of at least 4 members (excludes halogenated alkanes) is 9. The molecule has 0 spiro atoms. The van der Waals surface area contributed by atoms with Crippen molar-refractivity contribution < 1.29 is 14.0 Å². The maximum atomic E-state index is 6.10. The Morgan fingerprint density at radius 2 is 1.40 bits per heavy atom. The van der Waals surface area contributed by atoms with Gasteiger partial charge in [0.05, 0.1) is 0 Å². The molecule has 1 unspecified atom stereocenters. The molecular weight excluding hydrogens is 373 g/mol. The fourth-order valence-corrected chi connectivity index (χ4v) is 4.02. The van der Waals surface area contributed by atoms with Crippen LogP contribution in [0.5, 0.6) is 5.75 Å². The SMILES string of the molecule is CCCCCCCCCCCCN1CCOB(C(CC)Oc2ccccc2)OCC1. The molecule has 1 saturated heterocycles. The van der Waals surface area contributed by atoms with E-state index in [2.05, 4.69) is 18.7 Å². The molecule has 0 aromatic heterocycles. The van der Waals surface area contributed by atoms with Gasteiger partial charge < -0.3 is 14.0 Å². The zero-order valence-electron chi connectivity index (χ0n) is 19.5. The molecule has 1 heterocycles. The Morgan fingerprint density at radius 1 is 0.833 bits per heavy atom. The highest BCUT2D eigenvalue weighted by Crippen LogP contribution is 2.16. The molecule has 0 N–H and O–H groups in total. The van der Waals surface area contributed by atoms with Gasteiger partial charge in [0.25, 0.3) is 0 Å². The van der Waals surface area contributed by atoms with Gasteiger partial charge in [0.2, 0.25) is 0 Å². The average Bonchev–Trinajstić information content (AvgIpc) is 2.75. The van der Waals surface area contributed by atoms with Crippen LogP contribution < -0.4 is 4.74 Å². The molecule has 1 fully saturated rings. The first-order chi connectivity index (χ1) is 14.8. The van der Waals surface area contributed by atoms with Crippen LogP contribution in [0.3, 0.4) is 0 Å². The van der Waals surface area contributed by atoms with Crippen LogP contribution in [0.2, 0.25) is 0 Å². The molecule has 30 heavy (non-hydrogen) atoms. The third kappa shape index (κ3) is 10.8. The van der Waals surface area contributed by atoms with Crippen molar-refractivity contribution in [2.75, 3.05) is 32.8 Å². The summed E-state index contributed by atoms with van der Waals surface area (Å²) in [6, 6.07) is 9.89. The van der Waals surface area contributed by atoms with E-state index in [1.54, 1.807) is 0 Å². The summed E-state index contributed by atoms with van der Waals surface area (Å²) in [5.74, 6) is 0.876. The van der Waals surface area contributed by atoms with Crippen LogP contribution in [0.15, 0.2) is 30.3 Å². The van der Waals surface area contributed by atoms with E-state index in [9.17, 15) is 0 Å². The second-order valence-corrected chi connectivity index (χ2v) is 8.51. The zero-order chi connectivity index (χ0) is 21.3. The summed E-state index contributed by atoms with van der Waals surface area (Å²) in [5, 5.41) is 0. The Balaban J connectivity index is 1.54. The first-order valence-electron chi connectivity index (χ1n) is 12.5. The largest absolute Gasteiger partial charge is 0.500 e. The Kier molecular flexibility index (Phi) is 14.0. The molecule has 1 aliphatic heterocycles. The minimum atomic E-state index is -0.283. The molecule has 170 valence electrons. The van der Waals surface area contributed by atoms with E-state index in [0.717, 1.165) is 31.8 Å². The van der Waals surface area contributed by atoms with Gasteiger partial charge in [-0.1, -0.05) is 89.8 Å². The Labute approximate surface area is 185 Å². The number of nitrogens with zero attached hydrogens (tertiary/aromatic N) is 1. The summed E-state index contributed by atoms with van der Waals surface area (Å²) in [6.45, 7) is 8.94. The van der Waals surface area contributed by atoms with Crippen LogP contribution in [0, 0.1) is 0 Å². The fraction of sp³-hybridized carbons (Fsp3) is 0.760. The quantitative estimate of drug-likeness (QED) is 0.253. The summed E-state index contributed by atoms with van der Waals surface area (Å²) in [6.07, 6.45) is 14.7. The molecule has 0 bridgehead atoms. The molecule has 1 aliphatic rings. The van der Waals surface area contributed by atoms with E-state index in [1.165, 1.54) is 64.2 Å². The number of hydrogen-bond acceptors (Lipinski definition) is 4. The smallest absolute Gasteiger partial charge is 0.493 e. The number of para-hydroxylation sites is 1. The summed E-state index contributed by atoms with van der Waals surface area (Å²) < 4.78 is 18.2. The van der Waals surface area contributed by atoms with Crippen LogP contribution in [0.4, 0.5) is 0 Å². The lowest BCUT2D eigenvalue weighted by Crippen LogP contribution is -2.46. The Bertz CT molecular complexity index is 506. The highest BCUT2D eigenvalue weighted by Gasteiger charge is 2.32. The summed E-state index contributed by atoms with van der Waals surface area (Å²) in [5.41, 5.74) is 0. The first kappa shape index (κ1) is 25.2. The Morgan fingerprint density at radius 3 is 1.97 bits per heavy atom. The molecule has 1 aromatic rings. The van der Waals surface area contributed by atoms with Crippen molar-refractivity contribution in [1.29, 1.82) is 0 Å². The molecule has 4 nitrogen and oxygen atoms in total. The topological polar surface area (TPSA) is 30.9 Å². The molecule has 0 amide bonds. The molecule has 1 aromatic carbocycles. The van der Waals surface area contributed by atoms with E-state index in [4.69, 9.17) is 14.0 Å². The van der Waals surface area contributed by atoms with Crippen LogP contribution in [-0.2, 0) is 9.31 Å². The van der Waals surface area contributed by atoms with E-state index in [-0.39, 0.29) is 13.1 Å². The summed E-state index contributed by atoms with van der Waals surface area (Å²) in [4.78, 5) is 2.49. The predicted molar refractivity (Wildman–Crippen MR) is 127 cm³/mol. The molecule has 0 saturated carbocycles. The van der Waals surface area contributed by atoms with Gasteiger partial charge in [-0.15, -0.1) is 0 Å². The maximum Gasteiger partial charge on any atom is 0.500 e. The highest BCUT2D eigenvalue weighted by atomic mass is 16.6. The van der Waals surface area contributed by atoms with Crippen molar-refractivity contribution in [2.45, 2.75) is 90.5 Å². The van der Waals surface area contributed by atoms with Gasteiger partial charge in [0, 0.05) is 26.3 Å². The van der Waals surface area contributed by atoms with Gasteiger partial charge in [-0.25, -0.2) is 0 Å². The molecule has 2 rings (SSSR count). The second kappa shape index (κ2) is 16.6. The maximum absolute atomic E-state index is 6.10. The van der Waals surface area contributed by atoms with Crippen LogP contribution >= 0.6 is 0 Å². The lowest BCUT2D eigenvalue weighted by atomic mass is 9.78. The predicted octanol–water partition coefficient (Wildman–Crippen LogP) is 6.14. The number of benzene rings is 1. The minimum absolute atomic E-state index is 0.0686. The van der Waals surface area contributed by atoms with Crippen LogP contribution in [0.25, 0.3) is 0 Å². The van der Waals surface area contributed by atoms with Gasteiger partial charge in [-0.2, -0.15) is 0 Å². The third-order valence-corrected chi connectivity index (χ3v) is 5.94. The van der Waals surface area contributed by atoms with Crippen molar-refractivity contribution in [1.82, 2.24) is 4.90 Å². The highest BCUT2D eigenvalue weighted by molar-refractivity contribution is 6.46. The van der Waals surface area contributed by atoms with Crippen molar-refractivity contribution >= 4 is 7.12 Å². The van der Waals surface area contributed by atoms with Crippen molar-refractivity contribution in [3.63, 3.8) is 0 Å². The second-order valence-electron chi connectivity index (χ2n) is 8.51. The van der Waals surface area contributed by atoms with E-state index in [0.29, 0.717) is 13.2 Å². The fourth-order valence-electron chi connectivity index (χ4n) is 4.02. The number of rotatable bonds is 15. The third-order valence-electron chi connectivity index (χ3n) is 5.94. The Hall–Kier alpha value is -1.04. The zero-order valence-corrected chi connectivity index (χ0v) is 19.5. The monoisotopic (exact) mass is 417 g/mol. The van der Waals surface area contributed by atoms with E-state index in [1.807, 2.05) is 30.3 Å². The molecule has 5 heteroatoms. The van der Waals surface area contributed by atoms with Crippen LogP contribution in [-0.4, -0.2) is 50.9 Å². The molecule has 1 atom stereocenters. The van der Waals surface area contributed by atoms with E-state index >= 15 is 0 Å². The lowest BCUT2D eigenvalue weighted by molar-refractivity contribution is 0.0840. The van der Waals surface area contributed by atoms with Gasteiger partial charge in [0.1, 0.15) is 11.8 Å². The van der Waals surface area contributed by atoms with Gasteiger partial charge in [-0.3, -0.25) is 4.90 Å². The van der Waals surface area contributed by atoms with Gasteiger partial charge >= 0.3 is 7.12 Å². The average molecular weight is 417 g/mol. The minimum Gasteiger partial charge on any atom is -0.493 e. The standard InChI is InChI=1S/C25H44BNO3/c1-3-5-6-7-8-9-10-11-12-16-19-27-20-22-28-26(29-23-21-27)25(4-2)30-24-17-14-13-15-18-24/h13-15,17-18,25H,3-12,16,19-23H2,1-2H3. The van der Waals surface area contributed by atoms with Gasteiger partial charge in [-0.05, 0) is 31.5 Å². The first-order valence-corrected chi connectivity index (χ1v) is 12.5. The number of hydrogen-bond donors (Lipinski definition) is 0. The lowest BCUT2D eigenvalue weighted by Gasteiger charge is -2.30. The molecule has 0 radical (unpaired) electrons. The van der Waals surface area contributed by atoms with Crippen molar-refractivity contribution in [3.05, 3.63) is 30.3 Å². The molecule has 0 aliphatic carbocycles. The van der Waals surface area contributed by atoms with Crippen molar-refractivity contribution in [3.8, 4) is 5.75 Å². The summed E-state index contributed by atoms with van der Waals surface area (Å²) in [7, 11) is -0.283.